The summed E-state index contributed by atoms with van der Waals surface area (Å²) < 4.78 is 5.22. The summed E-state index contributed by atoms with van der Waals surface area (Å²) >= 11 is 0. The van der Waals surface area contributed by atoms with Crippen molar-refractivity contribution in [2.24, 2.45) is 5.73 Å². The van der Waals surface area contributed by atoms with E-state index in [1.165, 1.54) is 13.0 Å². The van der Waals surface area contributed by atoms with Crippen molar-refractivity contribution < 1.29 is 23.9 Å². The fraction of sp³-hybridized carbons (Fsp3) is 0.200. The van der Waals surface area contributed by atoms with Crippen LogP contribution in [0.25, 0.3) is 0 Å². The van der Waals surface area contributed by atoms with E-state index >= 15 is 0 Å². The number of fused-ring (bicyclic) bond motifs is 1. The van der Waals surface area contributed by atoms with Crippen molar-refractivity contribution in [1.82, 2.24) is 4.90 Å². The van der Waals surface area contributed by atoms with Crippen LogP contribution in [-0.2, 0) is 16.1 Å². The highest BCUT2D eigenvalue weighted by atomic mass is 16.5. The Morgan fingerprint density at radius 3 is 2.48 bits per heavy atom. The van der Waals surface area contributed by atoms with Gasteiger partial charge in [-0.05, 0) is 43.7 Å². The van der Waals surface area contributed by atoms with Crippen LogP contribution in [0.5, 0.6) is 0 Å². The molecular weight excluding hydrogens is 348 g/mol. The number of hydrogen-bond donors (Lipinski definition) is 1. The molecule has 0 saturated heterocycles. The number of carbonyl (C=O) groups is 4. The molecule has 0 saturated carbocycles. The van der Waals surface area contributed by atoms with Gasteiger partial charge in [-0.25, -0.2) is 4.79 Å². The summed E-state index contributed by atoms with van der Waals surface area (Å²) in [6.45, 7) is 3.15. The van der Waals surface area contributed by atoms with Crippen molar-refractivity contribution in [1.29, 1.82) is 0 Å². The van der Waals surface area contributed by atoms with Gasteiger partial charge in [-0.2, -0.15) is 0 Å². The first kappa shape index (κ1) is 18.3. The minimum Gasteiger partial charge on any atom is -0.459 e. The molecule has 0 radical (unpaired) electrons. The van der Waals surface area contributed by atoms with Gasteiger partial charge in [-0.15, -0.1) is 0 Å². The zero-order valence-electron chi connectivity index (χ0n) is 14.9. The number of aryl methyl sites for hydroxylation is 1. The van der Waals surface area contributed by atoms with E-state index in [-0.39, 0.29) is 17.7 Å². The molecule has 0 aliphatic carbocycles. The normalized spacial score (nSPS) is 14.1. The maximum absolute atomic E-state index is 12.5. The van der Waals surface area contributed by atoms with Gasteiger partial charge in [0.1, 0.15) is 12.6 Å². The Morgan fingerprint density at radius 2 is 1.78 bits per heavy atom. The maximum atomic E-state index is 12.5. The number of amides is 3. The number of imide groups is 1. The van der Waals surface area contributed by atoms with Crippen molar-refractivity contribution in [2.45, 2.75) is 26.5 Å². The lowest BCUT2D eigenvalue weighted by Gasteiger charge is -2.21. The Hall–Kier alpha value is -3.48. The fourth-order valence-electron chi connectivity index (χ4n) is 2.92. The molecule has 1 heterocycles. The highest BCUT2D eigenvalue weighted by Gasteiger charge is 2.41. The van der Waals surface area contributed by atoms with E-state index < -0.39 is 29.7 Å². The second-order valence-electron chi connectivity index (χ2n) is 6.38. The summed E-state index contributed by atoms with van der Waals surface area (Å²) in [6.07, 6.45) is 0. The minimum atomic E-state index is -1.07. The van der Waals surface area contributed by atoms with Crippen LogP contribution >= 0.6 is 0 Å². The van der Waals surface area contributed by atoms with Gasteiger partial charge < -0.3 is 10.5 Å². The van der Waals surface area contributed by atoms with Crippen LogP contribution in [-0.4, -0.2) is 34.6 Å². The molecule has 2 aromatic carbocycles. The monoisotopic (exact) mass is 366 g/mol. The zero-order chi connectivity index (χ0) is 19.7. The molecule has 0 spiro atoms. The topological polar surface area (TPSA) is 107 Å². The molecule has 7 nitrogen and oxygen atoms in total. The van der Waals surface area contributed by atoms with E-state index in [1.54, 1.807) is 36.4 Å². The first-order chi connectivity index (χ1) is 12.8. The van der Waals surface area contributed by atoms with Gasteiger partial charge in [0.2, 0.25) is 5.91 Å². The van der Waals surface area contributed by atoms with Crippen LogP contribution in [0.2, 0.25) is 0 Å². The summed E-state index contributed by atoms with van der Waals surface area (Å²) in [5.74, 6) is -2.34. The van der Waals surface area contributed by atoms with E-state index in [0.29, 0.717) is 11.1 Å². The second kappa shape index (κ2) is 7.03. The number of hydrogen-bond acceptors (Lipinski definition) is 5. The first-order valence-electron chi connectivity index (χ1n) is 8.33. The molecule has 7 heteroatoms. The lowest BCUT2D eigenvalue weighted by molar-refractivity contribution is -0.149. The van der Waals surface area contributed by atoms with E-state index in [4.69, 9.17) is 10.5 Å². The van der Waals surface area contributed by atoms with Crippen molar-refractivity contribution >= 4 is 23.7 Å². The number of primary amides is 1. The molecule has 1 aliphatic heterocycles. The number of rotatable bonds is 5. The average Bonchev–Trinajstić information content (AvgIpc) is 2.89. The summed E-state index contributed by atoms with van der Waals surface area (Å²) in [4.78, 5) is 49.5. The molecule has 3 amide bonds. The minimum absolute atomic E-state index is 0.105. The second-order valence-corrected chi connectivity index (χ2v) is 6.38. The molecule has 138 valence electrons. The molecule has 0 aromatic heterocycles. The predicted octanol–water partition coefficient (Wildman–Crippen LogP) is 1.82. The Morgan fingerprint density at radius 1 is 1.07 bits per heavy atom. The number of nitrogens with two attached hydrogens (primary N) is 1. The van der Waals surface area contributed by atoms with Crippen LogP contribution in [0.1, 0.15) is 49.1 Å². The Labute approximate surface area is 155 Å². The van der Waals surface area contributed by atoms with Crippen LogP contribution in [0.3, 0.4) is 0 Å². The lowest BCUT2D eigenvalue weighted by atomic mass is 10.1. The lowest BCUT2D eigenvalue weighted by Crippen LogP contribution is -2.43. The molecule has 27 heavy (non-hydrogen) atoms. The molecule has 1 atom stereocenters. The molecule has 0 fully saturated rings. The molecule has 0 bridgehead atoms. The van der Waals surface area contributed by atoms with Crippen LogP contribution in [0, 0.1) is 6.92 Å². The highest BCUT2D eigenvalue weighted by Crippen LogP contribution is 2.26. The SMILES string of the molecule is Cc1ccc2c(c1)C(=O)N(C(C)C(=O)OCc1cccc(C(N)=O)c1)C2=O. The van der Waals surface area contributed by atoms with E-state index in [9.17, 15) is 19.2 Å². The van der Waals surface area contributed by atoms with Gasteiger partial charge in [-0.3, -0.25) is 19.3 Å². The van der Waals surface area contributed by atoms with Gasteiger partial charge in [-0.1, -0.05) is 23.8 Å². The number of carbonyl (C=O) groups excluding carboxylic acids is 4. The van der Waals surface area contributed by atoms with Crippen molar-refractivity contribution in [3.63, 3.8) is 0 Å². The van der Waals surface area contributed by atoms with Crippen LogP contribution in [0.4, 0.5) is 0 Å². The largest absolute Gasteiger partial charge is 0.459 e. The number of esters is 1. The van der Waals surface area contributed by atoms with Gasteiger partial charge >= 0.3 is 5.97 Å². The van der Waals surface area contributed by atoms with E-state index in [1.807, 2.05) is 6.92 Å². The van der Waals surface area contributed by atoms with Gasteiger partial charge in [0, 0.05) is 5.56 Å². The first-order valence-corrected chi connectivity index (χ1v) is 8.33. The standard InChI is InChI=1S/C20H18N2O5/c1-11-6-7-15-16(8-11)19(25)22(18(15)24)12(2)20(26)27-10-13-4-3-5-14(9-13)17(21)23/h3-9,12H,10H2,1-2H3,(H2,21,23). The zero-order valence-corrected chi connectivity index (χ0v) is 14.9. The number of nitrogens with zero attached hydrogens (tertiary/aromatic N) is 1. The van der Waals surface area contributed by atoms with Gasteiger partial charge in [0.05, 0.1) is 11.1 Å². The third kappa shape index (κ3) is 3.44. The summed E-state index contributed by atoms with van der Waals surface area (Å²) in [5.41, 5.74) is 7.51. The predicted molar refractivity (Wildman–Crippen MR) is 95.9 cm³/mol. The van der Waals surface area contributed by atoms with Crippen molar-refractivity contribution in [3.05, 3.63) is 70.3 Å². The van der Waals surface area contributed by atoms with Crippen molar-refractivity contribution in [3.8, 4) is 0 Å². The Balaban J connectivity index is 1.71. The Bertz CT molecular complexity index is 967. The summed E-state index contributed by atoms with van der Waals surface area (Å²) in [6, 6.07) is 10.2. The third-order valence-corrected chi connectivity index (χ3v) is 4.39. The molecule has 3 rings (SSSR count). The van der Waals surface area contributed by atoms with Crippen LogP contribution < -0.4 is 5.73 Å². The van der Waals surface area contributed by atoms with Crippen LogP contribution in [0.15, 0.2) is 42.5 Å². The van der Waals surface area contributed by atoms with E-state index in [2.05, 4.69) is 0 Å². The molecule has 2 aromatic rings. The van der Waals surface area contributed by atoms with Gasteiger partial charge in [0.25, 0.3) is 11.8 Å². The molecule has 1 unspecified atom stereocenters. The average molecular weight is 366 g/mol. The number of ether oxygens (including phenoxy) is 1. The maximum Gasteiger partial charge on any atom is 0.329 e. The highest BCUT2D eigenvalue weighted by molar-refractivity contribution is 6.22. The molecular formula is C20H18N2O5. The van der Waals surface area contributed by atoms with Gasteiger partial charge in [0.15, 0.2) is 0 Å². The Kier molecular flexibility index (Phi) is 4.77. The smallest absolute Gasteiger partial charge is 0.329 e. The third-order valence-electron chi connectivity index (χ3n) is 4.39. The summed E-state index contributed by atoms with van der Waals surface area (Å²) in [7, 11) is 0. The number of benzene rings is 2. The fourth-order valence-corrected chi connectivity index (χ4v) is 2.92. The summed E-state index contributed by atoms with van der Waals surface area (Å²) in [5, 5.41) is 0. The quantitative estimate of drug-likeness (QED) is 0.642. The molecule has 1 aliphatic rings. The van der Waals surface area contributed by atoms with Crippen molar-refractivity contribution in [2.75, 3.05) is 0 Å². The molecule has 2 N–H and O–H groups in total. The van der Waals surface area contributed by atoms with E-state index in [0.717, 1.165) is 10.5 Å².